The first-order valence-corrected chi connectivity index (χ1v) is 8.83. The van der Waals surface area contributed by atoms with E-state index in [1.165, 1.54) is 0 Å². The Morgan fingerprint density at radius 3 is 2.46 bits per heavy atom. The molecule has 2 N–H and O–H groups in total. The number of fused-ring (bicyclic) bond motifs is 1. The maximum atomic E-state index is 12.5. The summed E-state index contributed by atoms with van der Waals surface area (Å²) in [5.74, 6) is 0.826. The van der Waals surface area contributed by atoms with Crippen molar-refractivity contribution in [1.29, 1.82) is 0 Å². The zero-order valence-corrected chi connectivity index (χ0v) is 16.0. The Hall–Kier alpha value is -2.31. The molecule has 2 amide bonds. The predicted octanol–water partition coefficient (Wildman–Crippen LogP) is 2.47. The highest BCUT2D eigenvalue weighted by atomic mass is 16.5. The number of ether oxygens (including phenoxy) is 1. The second-order valence-electron chi connectivity index (χ2n) is 6.66. The van der Waals surface area contributed by atoms with E-state index < -0.39 is 0 Å². The van der Waals surface area contributed by atoms with Crippen LogP contribution in [0.4, 0.5) is 4.79 Å². The Morgan fingerprint density at radius 2 is 1.81 bits per heavy atom. The largest absolute Gasteiger partial charge is 0.497 e. The minimum absolute atomic E-state index is 0.0486. The highest BCUT2D eigenvalue weighted by molar-refractivity contribution is 5.85. The quantitative estimate of drug-likeness (QED) is 0.760. The number of aliphatic hydroxyl groups is 1. The fourth-order valence-electron chi connectivity index (χ4n) is 2.75. The van der Waals surface area contributed by atoms with E-state index >= 15 is 0 Å². The molecule has 0 saturated heterocycles. The van der Waals surface area contributed by atoms with Crippen LogP contribution in [0.5, 0.6) is 5.75 Å². The molecule has 0 aliphatic rings. The number of nitrogens with one attached hydrogen (secondary N) is 1. The summed E-state index contributed by atoms with van der Waals surface area (Å²) in [6.45, 7) is 3.56. The smallest absolute Gasteiger partial charge is 0.317 e. The third-order valence-electron chi connectivity index (χ3n) is 4.39. The van der Waals surface area contributed by atoms with Gasteiger partial charge in [0.05, 0.1) is 19.8 Å². The molecule has 2 rings (SSSR count). The molecule has 0 radical (unpaired) electrons. The van der Waals surface area contributed by atoms with Crippen molar-refractivity contribution in [2.75, 3.05) is 47.4 Å². The van der Waals surface area contributed by atoms with Crippen molar-refractivity contribution in [3.63, 3.8) is 0 Å². The molecule has 0 spiro atoms. The highest BCUT2D eigenvalue weighted by Gasteiger charge is 2.16. The second kappa shape index (κ2) is 9.40. The van der Waals surface area contributed by atoms with Gasteiger partial charge in [0.25, 0.3) is 0 Å². The Balaban J connectivity index is 2.08. The molecule has 0 aromatic heterocycles. The average molecular weight is 359 g/mol. The summed E-state index contributed by atoms with van der Waals surface area (Å²) in [5, 5.41) is 14.4. The highest BCUT2D eigenvalue weighted by Crippen LogP contribution is 2.24. The van der Waals surface area contributed by atoms with Gasteiger partial charge in [0.1, 0.15) is 5.75 Å². The van der Waals surface area contributed by atoms with Gasteiger partial charge in [0.15, 0.2) is 0 Å². The maximum absolute atomic E-state index is 12.5. The zero-order valence-electron chi connectivity index (χ0n) is 16.0. The van der Waals surface area contributed by atoms with E-state index in [0.717, 1.165) is 28.6 Å². The van der Waals surface area contributed by atoms with Crippen LogP contribution in [0.15, 0.2) is 36.4 Å². The molecule has 2 aromatic carbocycles. The molecular weight excluding hydrogens is 330 g/mol. The van der Waals surface area contributed by atoms with Crippen molar-refractivity contribution in [2.45, 2.75) is 13.0 Å². The number of amides is 2. The van der Waals surface area contributed by atoms with Gasteiger partial charge >= 0.3 is 6.03 Å². The molecule has 0 unspecified atom stereocenters. The summed E-state index contributed by atoms with van der Waals surface area (Å²) in [6.07, 6.45) is 0. The molecule has 6 nitrogen and oxygen atoms in total. The number of urea groups is 1. The molecule has 0 aliphatic heterocycles. The summed E-state index contributed by atoms with van der Waals surface area (Å²) >= 11 is 0. The number of hydrogen-bond acceptors (Lipinski definition) is 4. The standard InChI is InChI=1S/C20H29N3O3/c1-15(21-20(25)23(11-12-24)10-9-22(2)3)16-5-6-18-14-19(26-4)8-7-17(18)13-16/h5-8,13-15,24H,9-12H2,1-4H3,(H,21,25)/t15-/m1/s1. The van der Waals surface area contributed by atoms with E-state index in [0.29, 0.717) is 13.1 Å². The number of nitrogens with zero attached hydrogens (tertiary/aromatic N) is 2. The fourth-order valence-corrected chi connectivity index (χ4v) is 2.75. The summed E-state index contributed by atoms with van der Waals surface area (Å²) < 4.78 is 5.26. The first-order valence-electron chi connectivity index (χ1n) is 8.83. The van der Waals surface area contributed by atoms with E-state index in [-0.39, 0.29) is 18.7 Å². The van der Waals surface area contributed by atoms with E-state index in [2.05, 4.69) is 11.4 Å². The molecule has 1 atom stereocenters. The van der Waals surface area contributed by atoms with Gasteiger partial charge in [-0.1, -0.05) is 18.2 Å². The molecule has 2 aromatic rings. The Bertz CT molecular complexity index is 733. The Labute approximate surface area is 155 Å². The number of hydrogen-bond donors (Lipinski definition) is 2. The van der Waals surface area contributed by atoms with Crippen LogP contribution in [-0.4, -0.2) is 68.4 Å². The number of methoxy groups -OCH3 is 1. The van der Waals surface area contributed by atoms with Gasteiger partial charge in [-0.3, -0.25) is 0 Å². The van der Waals surface area contributed by atoms with Crippen LogP contribution >= 0.6 is 0 Å². The van der Waals surface area contributed by atoms with Crippen molar-refractivity contribution in [1.82, 2.24) is 15.1 Å². The van der Waals surface area contributed by atoms with Crippen molar-refractivity contribution in [3.05, 3.63) is 42.0 Å². The molecule has 26 heavy (non-hydrogen) atoms. The monoisotopic (exact) mass is 359 g/mol. The lowest BCUT2D eigenvalue weighted by Crippen LogP contribution is -2.45. The van der Waals surface area contributed by atoms with Gasteiger partial charge in [0, 0.05) is 19.6 Å². The molecule has 0 heterocycles. The third kappa shape index (κ3) is 5.34. The number of rotatable bonds is 8. The summed E-state index contributed by atoms with van der Waals surface area (Å²) in [6, 6.07) is 11.8. The van der Waals surface area contributed by atoms with E-state index in [1.54, 1.807) is 12.0 Å². The predicted molar refractivity (Wildman–Crippen MR) is 105 cm³/mol. The van der Waals surface area contributed by atoms with Crippen molar-refractivity contribution >= 4 is 16.8 Å². The number of carbonyl (C=O) groups excluding carboxylic acids is 1. The maximum Gasteiger partial charge on any atom is 0.317 e. The number of likely N-dealkylation sites (N-methyl/N-ethyl adjacent to an activating group) is 1. The Kier molecular flexibility index (Phi) is 7.24. The first-order chi connectivity index (χ1) is 12.4. The van der Waals surface area contributed by atoms with Crippen LogP contribution < -0.4 is 10.1 Å². The minimum atomic E-state index is -0.164. The van der Waals surface area contributed by atoms with Crippen LogP contribution in [0.3, 0.4) is 0 Å². The summed E-state index contributed by atoms with van der Waals surface area (Å²) in [4.78, 5) is 16.2. The summed E-state index contributed by atoms with van der Waals surface area (Å²) in [7, 11) is 5.57. The minimum Gasteiger partial charge on any atom is -0.497 e. The van der Waals surface area contributed by atoms with Crippen LogP contribution in [0, 0.1) is 0 Å². The van der Waals surface area contributed by atoms with Crippen LogP contribution in [0.2, 0.25) is 0 Å². The van der Waals surface area contributed by atoms with Gasteiger partial charge in [-0.25, -0.2) is 4.79 Å². The molecule has 0 bridgehead atoms. The first kappa shape index (κ1) is 20.0. The normalized spacial score (nSPS) is 12.2. The van der Waals surface area contributed by atoms with Crippen LogP contribution in [-0.2, 0) is 0 Å². The van der Waals surface area contributed by atoms with Gasteiger partial charge in [-0.2, -0.15) is 0 Å². The van der Waals surface area contributed by atoms with E-state index in [1.807, 2.05) is 56.3 Å². The molecule has 0 fully saturated rings. The van der Waals surface area contributed by atoms with Gasteiger partial charge < -0.3 is 25.0 Å². The second-order valence-corrected chi connectivity index (χ2v) is 6.66. The van der Waals surface area contributed by atoms with E-state index in [9.17, 15) is 9.90 Å². The van der Waals surface area contributed by atoms with Gasteiger partial charge in [-0.05, 0) is 55.6 Å². The lowest BCUT2D eigenvalue weighted by Gasteiger charge is -2.26. The average Bonchev–Trinajstić information content (AvgIpc) is 2.63. The third-order valence-corrected chi connectivity index (χ3v) is 4.39. The van der Waals surface area contributed by atoms with Crippen LogP contribution in [0.25, 0.3) is 10.8 Å². The molecule has 6 heteroatoms. The van der Waals surface area contributed by atoms with Gasteiger partial charge in [0.2, 0.25) is 0 Å². The van der Waals surface area contributed by atoms with Crippen LogP contribution in [0.1, 0.15) is 18.5 Å². The molecule has 0 aliphatic carbocycles. The summed E-state index contributed by atoms with van der Waals surface area (Å²) in [5.41, 5.74) is 1.03. The number of aliphatic hydroxyl groups excluding tert-OH is 1. The lowest BCUT2D eigenvalue weighted by molar-refractivity contribution is 0.168. The zero-order chi connectivity index (χ0) is 19.1. The lowest BCUT2D eigenvalue weighted by atomic mass is 10.0. The van der Waals surface area contributed by atoms with E-state index in [4.69, 9.17) is 4.74 Å². The number of benzene rings is 2. The van der Waals surface area contributed by atoms with Gasteiger partial charge in [-0.15, -0.1) is 0 Å². The van der Waals surface area contributed by atoms with Crippen molar-refractivity contribution < 1.29 is 14.6 Å². The SMILES string of the molecule is COc1ccc2cc([C@@H](C)NC(=O)N(CCO)CCN(C)C)ccc2c1. The van der Waals surface area contributed by atoms with Crippen molar-refractivity contribution in [3.8, 4) is 5.75 Å². The molecule has 0 saturated carbocycles. The number of carbonyl (C=O) groups is 1. The Morgan fingerprint density at radius 1 is 1.12 bits per heavy atom. The molecule has 142 valence electrons. The van der Waals surface area contributed by atoms with Crippen molar-refractivity contribution in [2.24, 2.45) is 0 Å². The topological polar surface area (TPSA) is 65.0 Å². The molecular formula is C20H29N3O3. The fraction of sp³-hybridized carbons (Fsp3) is 0.450.